The van der Waals surface area contributed by atoms with Crippen LogP contribution in [0.15, 0.2) is 5.11 Å². The number of aliphatic hydroxyl groups is 1. The number of nitrogens with zero attached hydrogens (tertiary/aromatic N) is 3. The quantitative estimate of drug-likeness (QED) is 0.275. The van der Waals surface area contributed by atoms with Gasteiger partial charge in [0.2, 0.25) is 0 Å². The van der Waals surface area contributed by atoms with Crippen LogP contribution in [-0.2, 0) is 4.74 Å². The van der Waals surface area contributed by atoms with Gasteiger partial charge in [-0.05, 0) is 5.53 Å². The fourth-order valence-electron chi connectivity index (χ4n) is 0.352. The van der Waals surface area contributed by atoms with Crippen LogP contribution in [0.3, 0.4) is 0 Å². The zero-order valence-corrected chi connectivity index (χ0v) is 5.44. The molecule has 10 heavy (non-hydrogen) atoms. The van der Waals surface area contributed by atoms with Crippen molar-refractivity contribution in [2.45, 2.75) is 12.5 Å². The number of hydrogen-bond donors (Lipinski definition) is 1. The molecule has 0 rings (SSSR count). The number of halogens is 1. The molecular weight excluding hydrogens is 141 g/mol. The molecule has 0 saturated carbocycles. The van der Waals surface area contributed by atoms with Crippen molar-refractivity contribution < 1.29 is 14.2 Å². The Morgan fingerprint density at radius 3 is 2.90 bits per heavy atom. The third-order valence-corrected chi connectivity index (χ3v) is 0.870. The lowest BCUT2D eigenvalue weighted by Crippen LogP contribution is -2.25. The molecule has 0 spiro atoms. The highest BCUT2D eigenvalue weighted by molar-refractivity contribution is 4.61. The highest BCUT2D eigenvalue weighted by Gasteiger charge is 2.15. The average Bonchev–Trinajstić information content (AvgIpc) is 1.98. The van der Waals surface area contributed by atoms with E-state index >= 15 is 0 Å². The van der Waals surface area contributed by atoms with Crippen molar-refractivity contribution in [3.8, 4) is 0 Å². The summed E-state index contributed by atoms with van der Waals surface area (Å²) in [6, 6.07) is 0. The molecule has 58 valence electrons. The second-order valence-corrected chi connectivity index (χ2v) is 1.56. The Hall–Kier alpha value is -0.840. The molecule has 1 unspecified atom stereocenters. The predicted octanol–water partition coefficient (Wildman–Crippen LogP) is 0.600. The molecule has 0 aliphatic rings. The zero-order valence-electron chi connectivity index (χ0n) is 5.44. The normalized spacial score (nSPS) is 15.5. The van der Waals surface area contributed by atoms with Gasteiger partial charge in [0.1, 0.15) is 0 Å². The molecule has 0 amide bonds. The monoisotopic (exact) mass is 149 g/mol. The van der Waals surface area contributed by atoms with Crippen molar-refractivity contribution in [3.05, 3.63) is 10.4 Å². The summed E-state index contributed by atoms with van der Waals surface area (Å²) in [6.45, 7) is -0.411. The van der Waals surface area contributed by atoms with Gasteiger partial charge in [-0.1, -0.05) is 5.11 Å². The van der Waals surface area contributed by atoms with Crippen LogP contribution in [0.25, 0.3) is 10.4 Å². The molecule has 0 aliphatic carbocycles. The van der Waals surface area contributed by atoms with Gasteiger partial charge >= 0.3 is 0 Å². The summed E-state index contributed by atoms with van der Waals surface area (Å²) in [5, 5.41) is 11.5. The highest BCUT2D eigenvalue weighted by atomic mass is 19.1. The Bertz CT molecular complexity index is 136. The van der Waals surface area contributed by atoms with E-state index in [4.69, 9.17) is 10.6 Å². The second kappa shape index (κ2) is 4.99. The van der Waals surface area contributed by atoms with Crippen LogP contribution >= 0.6 is 0 Å². The van der Waals surface area contributed by atoms with Crippen molar-refractivity contribution in [3.63, 3.8) is 0 Å². The van der Waals surface area contributed by atoms with E-state index in [1.807, 2.05) is 0 Å². The Balaban J connectivity index is 3.60. The molecule has 6 heteroatoms. The topological polar surface area (TPSA) is 78.2 Å². The van der Waals surface area contributed by atoms with E-state index in [9.17, 15) is 4.39 Å². The Morgan fingerprint density at radius 2 is 2.50 bits per heavy atom. The highest BCUT2D eigenvalue weighted by Crippen LogP contribution is 1.99. The maximum absolute atomic E-state index is 12.3. The molecule has 0 saturated heterocycles. The van der Waals surface area contributed by atoms with Crippen LogP contribution in [0.2, 0.25) is 0 Å². The number of ether oxygens (including phenoxy) is 1. The average molecular weight is 149 g/mol. The van der Waals surface area contributed by atoms with E-state index in [0.717, 1.165) is 7.11 Å². The zero-order chi connectivity index (χ0) is 7.98. The van der Waals surface area contributed by atoms with Crippen LogP contribution < -0.4 is 0 Å². The number of rotatable bonds is 4. The Kier molecular flexibility index (Phi) is 4.57. The van der Waals surface area contributed by atoms with E-state index in [1.165, 1.54) is 0 Å². The molecule has 5 nitrogen and oxygen atoms in total. The summed E-state index contributed by atoms with van der Waals surface area (Å²) in [5.41, 5.74) is 7.74. The first-order valence-corrected chi connectivity index (χ1v) is 2.58. The van der Waals surface area contributed by atoms with Crippen molar-refractivity contribution >= 4 is 0 Å². The van der Waals surface area contributed by atoms with Crippen LogP contribution in [0.4, 0.5) is 4.39 Å². The first-order valence-electron chi connectivity index (χ1n) is 2.58. The number of methoxy groups -OCH3 is 1. The van der Waals surface area contributed by atoms with Gasteiger partial charge in [-0.15, -0.1) is 0 Å². The lowest BCUT2D eigenvalue weighted by Gasteiger charge is -2.10. The van der Waals surface area contributed by atoms with Gasteiger partial charge in [0.25, 0.3) is 0 Å². The van der Waals surface area contributed by atoms with Gasteiger partial charge < -0.3 is 9.84 Å². The summed E-state index contributed by atoms with van der Waals surface area (Å²) in [4.78, 5) is 2.31. The third-order valence-electron chi connectivity index (χ3n) is 0.870. The molecule has 1 N–H and O–H groups in total. The number of hydrogen-bond acceptors (Lipinski definition) is 3. The second-order valence-electron chi connectivity index (χ2n) is 1.56. The Morgan fingerprint density at radius 1 is 1.90 bits per heavy atom. The fourth-order valence-corrected chi connectivity index (χ4v) is 0.352. The SMILES string of the molecule is COC(O)[C@H](F)CN=[N+]=[N-]. The number of alkyl halides is 1. The van der Waals surface area contributed by atoms with Gasteiger partial charge in [-0.3, -0.25) is 0 Å². The summed E-state index contributed by atoms with van der Waals surface area (Å²) in [7, 11) is 1.16. The minimum absolute atomic E-state index is 0.411. The molecule has 0 heterocycles. The summed E-state index contributed by atoms with van der Waals surface area (Å²) in [5.74, 6) is 0. The first-order chi connectivity index (χ1) is 4.72. The van der Waals surface area contributed by atoms with E-state index < -0.39 is 19.0 Å². The first kappa shape index (κ1) is 9.16. The Labute approximate surface area is 57.0 Å². The molecule has 0 aromatic rings. The van der Waals surface area contributed by atoms with Gasteiger partial charge in [-0.2, -0.15) is 0 Å². The lowest BCUT2D eigenvalue weighted by atomic mass is 10.4. The molecule has 0 aromatic heterocycles. The van der Waals surface area contributed by atoms with Crippen LogP contribution in [0.1, 0.15) is 0 Å². The van der Waals surface area contributed by atoms with E-state index in [0.29, 0.717) is 0 Å². The summed E-state index contributed by atoms with van der Waals surface area (Å²) in [6.07, 6.45) is -3.16. The minimum atomic E-state index is -1.65. The van der Waals surface area contributed by atoms with Crippen molar-refractivity contribution in [2.24, 2.45) is 5.11 Å². The standard InChI is InChI=1S/C4H8FN3O2/c1-10-4(9)3(5)2-7-8-6/h3-4,9H,2H2,1H3/t3-,4?/m1/s1. The molecular formula is C4H8FN3O2. The smallest absolute Gasteiger partial charge is 0.185 e. The van der Waals surface area contributed by atoms with Crippen LogP contribution in [0, 0.1) is 0 Å². The maximum atomic E-state index is 12.3. The van der Waals surface area contributed by atoms with Crippen molar-refractivity contribution in [1.82, 2.24) is 0 Å². The van der Waals surface area contributed by atoms with Gasteiger partial charge in [-0.25, -0.2) is 4.39 Å². The van der Waals surface area contributed by atoms with Gasteiger partial charge in [0.15, 0.2) is 12.5 Å². The molecule has 0 bridgehead atoms. The summed E-state index contributed by atoms with van der Waals surface area (Å²) >= 11 is 0. The minimum Gasteiger partial charge on any atom is -0.366 e. The van der Waals surface area contributed by atoms with E-state index in [1.54, 1.807) is 0 Å². The predicted molar refractivity (Wildman–Crippen MR) is 31.9 cm³/mol. The maximum Gasteiger partial charge on any atom is 0.185 e. The molecule has 2 atom stereocenters. The van der Waals surface area contributed by atoms with Gasteiger partial charge in [0.05, 0.1) is 6.54 Å². The fraction of sp³-hybridized carbons (Fsp3) is 1.00. The summed E-state index contributed by atoms with van der Waals surface area (Å²) < 4.78 is 16.6. The molecule has 0 aromatic carbocycles. The van der Waals surface area contributed by atoms with Crippen LogP contribution in [0.5, 0.6) is 0 Å². The van der Waals surface area contributed by atoms with Crippen LogP contribution in [-0.4, -0.2) is 31.2 Å². The third kappa shape index (κ3) is 3.24. The van der Waals surface area contributed by atoms with Crippen molar-refractivity contribution in [1.29, 1.82) is 0 Å². The van der Waals surface area contributed by atoms with Gasteiger partial charge in [0, 0.05) is 12.0 Å². The van der Waals surface area contributed by atoms with E-state index in [-0.39, 0.29) is 0 Å². The molecule has 0 radical (unpaired) electrons. The molecule has 0 fully saturated rings. The lowest BCUT2D eigenvalue weighted by molar-refractivity contribution is -0.117. The number of aliphatic hydroxyl groups excluding tert-OH is 1. The molecule has 0 aliphatic heterocycles. The van der Waals surface area contributed by atoms with Crippen molar-refractivity contribution in [2.75, 3.05) is 13.7 Å². The van der Waals surface area contributed by atoms with E-state index in [2.05, 4.69) is 14.8 Å². The largest absolute Gasteiger partial charge is 0.366 e. The number of azide groups is 1.